The van der Waals surface area contributed by atoms with Crippen LogP contribution in [0.4, 0.5) is 5.69 Å². The van der Waals surface area contributed by atoms with Crippen LogP contribution in [0.25, 0.3) is 0 Å². The van der Waals surface area contributed by atoms with Crippen molar-refractivity contribution in [2.24, 2.45) is 0 Å². The van der Waals surface area contributed by atoms with Crippen molar-refractivity contribution in [3.8, 4) is 0 Å². The van der Waals surface area contributed by atoms with Crippen LogP contribution >= 0.6 is 22.6 Å². The number of hydrogen-bond acceptors (Lipinski definition) is 4. The standard InChI is InChI=1S/C14H11IN2O3/c1-20-14(19)12-4-2-3-11(17-12)13(18)16-10-7-5-9(15)6-8-10/h2-8H,1H3,(H,16,18). The maximum atomic E-state index is 12.0. The minimum Gasteiger partial charge on any atom is -0.464 e. The van der Waals surface area contributed by atoms with Gasteiger partial charge in [0.2, 0.25) is 0 Å². The lowest BCUT2D eigenvalue weighted by Gasteiger charge is -2.05. The Hall–Kier alpha value is -1.96. The van der Waals surface area contributed by atoms with E-state index < -0.39 is 5.97 Å². The topological polar surface area (TPSA) is 68.3 Å². The summed E-state index contributed by atoms with van der Waals surface area (Å²) < 4.78 is 5.64. The van der Waals surface area contributed by atoms with Crippen LogP contribution < -0.4 is 5.32 Å². The molecule has 0 bridgehead atoms. The molecule has 5 nitrogen and oxygen atoms in total. The first kappa shape index (κ1) is 14.4. The zero-order valence-corrected chi connectivity index (χ0v) is 12.7. The molecule has 6 heteroatoms. The molecule has 0 aliphatic rings. The van der Waals surface area contributed by atoms with Gasteiger partial charge in [-0.15, -0.1) is 0 Å². The zero-order chi connectivity index (χ0) is 14.5. The smallest absolute Gasteiger partial charge is 0.356 e. The Morgan fingerprint density at radius 3 is 2.40 bits per heavy atom. The van der Waals surface area contributed by atoms with Crippen LogP contribution in [-0.4, -0.2) is 24.0 Å². The lowest BCUT2D eigenvalue weighted by molar-refractivity contribution is 0.0594. The van der Waals surface area contributed by atoms with E-state index in [1.807, 2.05) is 12.1 Å². The second-order valence-corrected chi connectivity index (χ2v) is 5.11. The van der Waals surface area contributed by atoms with Crippen molar-refractivity contribution >= 4 is 40.2 Å². The number of amides is 1. The number of esters is 1. The van der Waals surface area contributed by atoms with Crippen LogP contribution in [0.5, 0.6) is 0 Å². The normalized spacial score (nSPS) is 9.90. The number of aromatic nitrogens is 1. The van der Waals surface area contributed by atoms with E-state index in [1.54, 1.807) is 18.2 Å². The molecule has 1 aromatic heterocycles. The Morgan fingerprint density at radius 1 is 1.10 bits per heavy atom. The highest BCUT2D eigenvalue weighted by molar-refractivity contribution is 14.1. The van der Waals surface area contributed by atoms with Crippen LogP contribution in [-0.2, 0) is 4.74 Å². The molecule has 102 valence electrons. The van der Waals surface area contributed by atoms with Crippen LogP contribution in [0, 0.1) is 3.57 Å². The molecule has 1 N–H and O–H groups in total. The van der Waals surface area contributed by atoms with Gasteiger partial charge in [0.15, 0.2) is 0 Å². The van der Waals surface area contributed by atoms with Crippen LogP contribution in [0.15, 0.2) is 42.5 Å². The molecule has 0 aliphatic heterocycles. The lowest BCUT2D eigenvalue weighted by Crippen LogP contribution is -2.15. The lowest BCUT2D eigenvalue weighted by atomic mass is 10.2. The molecule has 0 aliphatic carbocycles. The van der Waals surface area contributed by atoms with Gasteiger partial charge < -0.3 is 10.1 Å². The monoisotopic (exact) mass is 382 g/mol. The van der Waals surface area contributed by atoms with Gasteiger partial charge in [-0.1, -0.05) is 6.07 Å². The molecule has 0 atom stereocenters. The summed E-state index contributed by atoms with van der Waals surface area (Å²) >= 11 is 2.18. The maximum Gasteiger partial charge on any atom is 0.356 e. The Labute approximate surface area is 129 Å². The molecule has 0 spiro atoms. The van der Waals surface area contributed by atoms with E-state index >= 15 is 0 Å². The molecule has 1 heterocycles. The minimum atomic E-state index is -0.575. The Balaban J connectivity index is 2.17. The fourth-order valence-corrected chi connectivity index (χ4v) is 1.87. The van der Waals surface area contributed by atoms with Crippen molar-refractivity contribution in [2.45, 2.75) is 0 Å². The average Bonchev–Trinajstić information content (AvgIpc) is 2.49. The number of carbonyl (C=O) groups excluding carboxylic acids is 2. The number of hydrogen-bond donors (Lipinski definition) is 1. The summed E-state index contributed by atoms with van der Waals surface area (Å²) in [5, 5.41) is 2.71. The number of anilines is 1. The fourth-order valence-electron chi connectivity index (χ4n) is 1.51. The molecule has 1 aromatic carbocycles. The number of ether oxygens (including phenoxy) is 1. The molecule has 0 fully saturated rings. The number of nitrogens with one attached hydrogen (secondary N) is 1. The first-order valence-electron chi connectivity index (χ1n) is 5.72. The fraction of sp³-hybridized carbons (Fsp3) is 0.0714. The molecule has 2 aromatic rings. The number of halogens is 1. The predicted octanol–water partition coefficient (Wildman–Crippen LogP) is 2.73. The minimum absolute atomic E-state index is 0.0998. The van der Waals surface area contributed by atoms with Gasteiger partial charge in [0.25, 0.3) is 5.91 Å². The largest absolute Gasteiger partial charge is 0.464 e. The van der Waals surface area contributed by atoms with Crippen LogP contribution in [0.3, 0.4) is 0 Å². The van der Waals surface area contributed by atoms with Crippen molar-refractivity contribution in [1.82, 2.24) is 4.98 Å². The van der Waals surface area contributed by atoms with Gasteiger partial charge in [0.1, 0.15) is 11.4 Å². The van der Waals surface area contributed by atoms with Gasteiger partial charge in [-0.3, -0.25) is 4.79 Å². The molecular weight excluding hydrogens is 371 g/mol. The number of nitrogens with zero attached hydrogens (tertiary/aromatic N) is 1. The van der Waals surface area contributed by atoms with Crippen LogP contribution in [0.2, 0.25) is 0 Å². The van der Waals surface area contributed by atoms with E-state index in [0.717, 1.165) is 3.57 Å². The quantitative estimate of drug-likeness (QED) is 0.655. The van der Waals surface area contributed by atoms with Gasteiger partial charge in [-0.25, -0.2) is 9.78 Å². The van der Waals surface area contributed by atoms with Crippen molar-refractivity contribution in [3.63, 3.8) is 0 Å². The van der Waals surface area contributed by atoms with E-state index in [0.29, 0.717) is 5.69 Å². The summed E-state index contributed by atoms with van der Waals surface area (Å²) in [5.41, 5.74) is 0.926. The van der Waals surface area contributed by atoms with Gasteiger partial charge >= 0.3 is 5.97 Å². The number of pyridine rings is 1. The van der Waals surface area contributed by atoms with E-state index in [4.69, 9.17) is 0 Å². The van der Waals surface area contributed by atoms with Crippen LogP contribution in [0.1, 0.15) is 21.0 Å². The summed E-state index contributed by atoms with van der Waals surface area (Å²) in [6.07, 6.45) is 0. The van der Waals surface area contributed by atoms with Crippen molar-refractivity contribution in [2.75, 3.05) is 12.4 Å². The first-order valence-corrected chi connectivity index (χ1v) is 6.80. The Kier molecular flexibility index (Phi) is 4.67. The van der Waals surface area contributed by atoms with Crippen molar-refractivity contribution < 1.29 is 14.3 Å². The number of rotatable bonds is 3. The summed E-state index contributed by atoms with van der Waals surface area (Å²) in [5.74, 6) is -0.953. The summed E-state index contributed by atoms with van der Waals surface area (Å²) in [6.45, 7) is 0. The summed E-state index contributed by atoms with van der Waals surface area (Å²) in [4.78, 5) is 27.4. The van der Waals surface area contributed by atoms with E-state index in [-0.39, 0.29) is 17.3 Å². The molecule has 20 heavy (non-hydrogen) atoms. The second kappa shape index (κ2) is 6.47. The molecule has 0 unspecified atom stereocenters. The highest BCUT2D eigenvalue weighted by Crippen LogP contribution is 2.12. The third kappa shape index (κ3) is 3.53. The molecular formula is C14H11IN2O3. The van der Waals surface area contributed by atoms with Gasteiger partial charge in [0, 0.05) is 9.26 Å². The first-order chi connectivity index (χ1) is 9.60. The number of carbonyl (C=O) groups is 2. The molecule has 0 saturated carbocycles. The Morgan fingerprint density at radius 2 is 1.75 bits per heavy atom. The molecule has 1 amide bonds. The van der Waals surface area contributed by atoms with Crippen molar-refractivity contribution in [3.05, 3.63) is 57.4 Å². The van der Waals surface area contributed by atoms with E-state index in [2.05, 4.69) is 37.6 Å². The highest BCUT2D eigenvalue weighted by Gasteiger charge is 2.12. The predicted molar refractivity (Wildman–Crippen MR) is 82.7 cm³/mol. The van der Waals surface area contributed by atoms with Gasteiger partial charge in [-0.2, -0.15) is 0 Å². The third-order valence-electron chi connectivity index (χ3n) is 2.48. The maximum absolute atomic E-state index is 12.0. The van der Waals surface area contributed by atoms with E-state index in [9.17, 15) is 9.59 Å². The zero-order valence-electron chi connectivity index (χ0n) is 10.6. The highest BCUT2D eigenvalue weighted by atomic mass is 127. The van der Waals surface area contributed by atoms with Crippen molar-refractivity contribution in [1.29, 1.82) is 0 Å². The number of methoxy groups -OCH3 is 1. The molecule has 0 radical (unpaired) electrons. The Bertz CT molecular complexity index is 641. The molecule has 2 rings (SSSR count). The number of benzene rings is 1. The van der Waals surface area contributed by atoms with Gasteiger partial charge in [0.05, 0.1) is 7.11 Å². The van der Waals surface area contributed by atoms with Gasteiger partial charge in [-0.05, 0) is 59.0 Å². The molecule has 0 saturated heterocycles. The SMILES string of the molecule is COC(=O)c1cccc(C(=O)Nc2ccc(I)cc2)n1. The second-order valence-electron chi connectivity index (χ2n) is 3.86. The van der Waals surface area contributed by atoms with E-state index in [1.165, 1.54) is 19.2 Å². The summed E-state index contributed by atoms with van der Waals surface area (Å²) in [6, 6.07) is 12.0. The summed E-state index contributed by atoms with van der Waals surface area (Å²) in [7, 11) is 1.27. The average molecular weight is 382 g/mol. The third-order valence-corrected chi connectivity index (χ3v) is 3.20.